The Morgan fingerprint density at radius 1 is 1.17 bits per heavy atom. The Morgan fingerprint density at radius 3 is 2.66 bits per heavy atom. The number of nitro groups is 1. The number of benzene rings is 2. The highest BCUT2D eigenvalue weighted by atomic mass is 35.5. The Labute approximate surface area is 174 Å². The molecule has 3 rings (SSSR count). The summed E-state index contributed by atoms with van der Waals surface area (Å²) in [6.45, 7) is 0. The summed E-state index contributed by atoms with van der Waals surface area (Å²) in [7, 11) is 0. The number of nitriles is 1. The largest absolute Gasteiger partial charge is 0.456 e. The van der Waals surface area contributed by atoms with E-state index in [0.29, 0.717) is 5.02 Å². The van der Waals surface area contributed by atoms with E-state index in [2.05, 4.69) is 5.32 Å². The molecule has 0 bridgehead atoms. The predicted octanol–water partition coefficient (Wildman–Crippen LogP) is 5.71. The second kappa shape index (κ2) is 8.61. The topological polar surface area (TPSA) is 109 Å². The lowest BCUT2D eigenvalue weighted by molar-refractivity contribution is -0.384. The van der Waals surface area contributed by atoms with E-state index in [-0.39, 0.29) is 39.1 Å². The Balaban J connectivity index is 1.88. The molecule has 0 radical (unpaired) electrons. The van der Waals surface area contributed by atoms with Crippen molar-refractivity contribution in [3.63, 3.8) is 0 Å². The van der Waals surface area contributed by atoms with Crippen LogP contribution in [-0.2, 0) is 4.79 Å². The monoisotopic (exact) mass is 427 g/mol. The Hall–Kier alpha value is -3.60. The summed E-state index contributed by atoms with van der Waals surface area (Å²) < 4.78 is 5.58. The lowest BCUT2D eigenvalue weighted by Gasteiger charge is -2.06. The number of hydrogen-bond donors (Lipinski definition) is 1. The number of anilines is 1. The van der Waals surface area contributed by atoms with E-state index in [1.807, 2.05) is 0 Å². The molecule has 0 fully saturated rings. The smallest absolute Gasteiger partial charge is 0.280 e. The van der Waals surface area contributed by atoms with Crippen molar-refractivity contribution in [3.8, 4) is 17.4 Å². The third-order valence-corrected chi connectivity index (χ3v) is 4.39. The fourth-order valence-electron chi connectivity index (χ4n) is 2.49. The number of rotatable bonds is 5. The minimum absolute atomic E-state index is 0.119. The zero-order valence-corrected chi connectivity index (χ0v) is 16.1. The van der Waals surface area contributed by atoms with Gasteiger partial charge in [-0.05, 0) is 36.4 Å². The van der Waals surface area contributed by atoms with E-state index in [0.717, 1.165) is 0 Å². The first-order valence-electron chi connectivity index (χ1n) is 8.11. The average Bonchev–Trinajstić information content (AvgIpc) is 3.17. The van der Waals surface area contributed by atoms with Gasteiger partial charge in [0.2, 0.25) is 0 Å². The molecule has 0 aliphatic carbocycles. The zero-order chi connectivity index (χ0) is 21.0. The van der Waals surface area contributed by atoms with Gasteiger partial charge in [0.1, 0.15) is 23.2 Å². The number of nitrogens with one attached hydrogen (secondary N) is 1. The van der Waals surface area contributed by atoms with Gasteiger partial charge in [0.25, 0.3) is 11.6 Å². The molecule has 144 valence electrons. The SMILES string of the molecule is N#C/C(=C\c1ccc(-c2ccccc2[N+](=O)[O-])o1)C(=O)Nc1cc(Cl)ccc1Cl. The van der Waals surface area contributed by atoms with E-state index in [1.165, 1.54) is 36.4 Å². The second-order valence-electron chi connectivity index (χ2n) is 5.72. The molecule has 0 atom stereocenters. The van der Waals surface area contributed by atoms with Crippen molar-refractivity contribution in [2.75, 3.05) is 5.32 Å². The molecule has 0 spiro atoms. The van der Waals surface area contributed by atoms with E-state index in [9.17, 15) is 20.2 Å². The summed E-state index contributed by atoms with van der Waals surface area (Å²) in [5, 5.41) is 23.6. The highest BCUT2D eigenvalue weighted by molar-refractivity contribution is 6.36. The summed E-state index contributed by atoms with van der Waals surface area (Å²) in [6, 6.07) is 15.4. The van der Waals surface area contributed by atoms with Crippen molar-refractivity contribution in [2.45, 2.75) is 0 Å². The number of nitrogens with zero attached hydrogens (tertiary/aromatic N) is 2. The number of hydrogen-bond acceptors (Lipinski definition) is 5. The summed E-state index contributed by atoms with van der Waals surface area (Å²) in [5.41, 5.74) is 0.173. The van der Waals surface area contributed by atoms with Gasteiger partial charge in [-0.15, -0.1) is 0 Å². The molecule has 0 saturated carbocycles. The summed E-state index contributed by atoms with van der Waals surface area (Å²) in [6.07, 6.45) is 1.23. The van der Waals surface area contributed by atoms with Crippen LogP contribution in [0, 0.1) is 21.4 Å². The molecule has 0 aliphatic rings. The van der Waals surface area contributed by atoms with Crippen LogP contribution in [0.1, 0.15) is 5.76 Å². The third-order valence-electron chi connectivity index (χ3n) is 3.82. The molecule has 9 heteroatoms. The van der Waals surface area contributed by atoms with Crippen molar-refractivity contribution >= 4 is 46.6 Å². The number of nitro benzene ring substituents is 1. The first kappa shape index (κ1) is 20.1. The number of furan rings is 1. The molecule has 1 amide bonds. The molecule has 0 saturated heterocycles. The lowest BCUT2D eigenvalue weighted by atomic mass is 10.1. The van der Waals surface area contributed by atoms with Gasteiger partial charge in [-0.1, -0.05) is 35.3 Å². The van der Waals surface area contributed by atoms with E-state index >= 15 is 0 Å². The first-order valence-corrected chi connectivity index (χ1v) is 8.86. The van der Waals surface area contributed by atoms with Gasteiger partial charge in [-0.3, -0.25) is 14.9 Å². The molecule has 7 nitrogen and oxygen atoms in total. The average molecular weight is 428 g/mol. The number of carbonyl (C=O) groups is 1. The molecule has 0 aliphatic heterocycles. The predicted molar refractivity (Wildman–Crippen MR) is 109 cm³/mol. The Kier molecular flexibility index (Phi) is 5.98. The van der Waals surface area contributed by atoms with E-state index in [1.54, 1.807) is 30.3 Å². The van der Waals surface area contributed by atoms with Crippen LogP contribution < -0.4 is 5.32 Å². The van der Waals surface area contributed by atoms with Gasteiger partial charge in [0, 0.05) is 17.2 Å². The molecular weight excluding hydrogens is 417 g/mol. The highest BCUT2D eigenvalue weighted by Gasteiger charge is 2.18. The summed E-state index contributed by atoms with van der Waals surface area (Å²) in [4.78, 5) is 23.1. The molecule has 1 aromatic heterocycles. The minimum Gasteiger partial charge on any atom is -0.456 e. The highest BCUT2D eigenvalue weighted by Crippen LogP contribution is 2.31. The lowest BCUT2D eigenvalue weighted by Crippen LogP contribution is -2.13. The maximum Gasteiger partial charge on any atom is 0.280 e. The molecular formula is C20H11Cl2N3O4. The standard InChI is InChI=1S/C20H11Cl2N3O4/c21-13-5-7-16(22)17(10-13)24-20(26)12(11-23)9-14-6-8-19(29-14)15-3-1-2-4-18(15)25(27)28/h1-10H,(H,24,26)/b12-9+. The third kappa shape index (κ3) is 4.63. The van der Waals surface area contributed by atoms with Gasteiger partial charge in [0.15, 0.2) is 0 Å². The van der Waals surface area contributed by atoms with Gasteiger partial charge < -0.3 is 9.73 Å². The van der Waals surface area contributed by atoms with Crippen LogP contribution >= 0.6 is 23.2 Å². The van der Waals surface area contributed by atoms with E-state index < -0.39 is 10.8 Å². The summed E-state index contributed by atoms with van der Waals surface area (Å²) in [5.74, 6) is -0.290. The fraction of sp³-hybridized carbons (Fsp3) is 0. The molecule has 29 heavy (non-hydrogen) atoms. The van der Waals surface area contributed by atoms with Crippen molar-refractivity contribution in [1.82, 2.24) is 0 Å². The van der Waals surface area contributed by atoms with Crippen LogP contribution in [0.15, 0.2) is 64.6 Å². The zero-order valence-electron chi connectivity index (χ0n) is 14.6. The number of amides is 1. The van der Waals surface area contributed by atoms with Crippen LogP contribution in [0.25, 0.3) is 17.4 Å². The normalized spacial score (nSPS) is 11.0. The van der Waals surface area contributed by atoms with Crippen molar-refractivity contribution in [3.05, 3.63) is 86.1 Å². The Morgan fingerprint density at radius 2 is 1.93 bits per heavy atom. The van der Waals surface area contributed by atoms with Gasteiger partial charge in [-0.25, -0.2) is 0 Å². The van der Waals surface area contributed by atoms with Gasteiger partial charge in [-0.2, -0.15) is 5.26 Å². The van der Waals surface area contributed by atoms with Crippen LogP contribution in [-0.4, -0.2) is 10.8 Å². The maximum absolute atomic E-state index is 12.4. The molecule has 3 aromatic rings. The molecule has 0 unspecified atom stereocenters. The van der Waals surface area contributed by atoms with Crippen molar-refractivity contribution < 1.29 is 14.1 Å². The molecule has 1 N–H and O–H groups in total. The fourth-order valence-corrected chi connectivity index (χ4v) is 2.83. The molecule has 2 aromatic carbocycles. The van der Waals surface area contributed by atoms with Crippen LogP contribution in [0.5, 0.6) is 0 Å². The van der Waals surface area contributed by atoms with Crippen molar-refractivity contribution in [2.24, 2.45) is 0 Å². The van der Waals surface area contributed by atoms with Crippen LogP contribution in [0.2, 0.25) is 10.0 Å². The quantitative estimate of drug-likeness (QED) is 0.242. The number of carbonyl (C=O) groups excluding carboxylic acids is 1. The van der Waals surface area contributed by atoms with Crippen molar-refractivity contribution in [1.29, 1.82) is 5.26 Å². The maximum atomic E-state index is 12.4. The van der Waals surface area contributed by atoms with Gasteiger partial charge in [0.05, 0.1) is 21.2 Å². The van der Waals surface area contributed by atoms with E-state index in [4.69, 9.17) is 27.6 Å². The summed E-state index contributed by atoms with van der Waals surface area (Å²) >= 11 is 11.9. The van der Waals surface area contributed by atoms with Crippen LogP contribution in [0.3, 0.4) is 0 Å². The van der Waals surface area contributed by atoms with Gasteiger partial charge >= 0.3 is 0 Å². The second-order valence-corrected chi connectivity index (χ2v) is 6.57. The minimum atomic E-state index is -0.708. The first-order chi connectivity index (χ1) is 13.9. The number of halogens is 2. The Bertz CT molecular complexity index is 1180. The molecule has 1 heterocycles. The van der Waals surface area contributed by atoms with Crippen LogP contribution in [0.4, 0.5) is 11.4 Å². The number of para-hydroxylation sites is 1.